The molecule has 4 rings (SSSR count). The second-order valence-corrected chi connectivity index (χ2v) is 10.8. The van der Waals surface area contributed by atoms with E-state index in [1.165, 1.54) is 37.4 Å². The molecule has 1 saturated heterocycles. The third kappa shape index (κ3) is 6.32. The summed E-state index contributed by atoms with van der Waals surface area (Å²) in [7, 11) is 0. The number of thioether (sulfide) groups is 1. The van der Waals surface area contributed by atoms with E-state index in [1.54, 1.807) is 4.90 Å². The first-order valence-electron chi connectivity index (χ1n) is 12.1. The van der Waals surface area contributed by atoms with Gasteiger partial charge < -0.3 is 10.2 Å². The van der Waals surface area contributed by atoms with Crippen molar-refractivity contribution in [1.82, 2.24) is 10.2 Å². The molecule has 1 fully saturated rings. The summed E-state index contributed by atoms with van der Waals surface area (Å²) >= 11 is 4.94. The average Bonchev–Trinajstić information content (AvgIpc) is 2.84. The maximum atomic E-state index is 13.4. The number of carbonyl (C=O) groups excluding carboxylic acids is 2. The first-order valence-corrected chi connectivity index (χ1v) is 13.7. The van der Waals surface area contributed by atoms with Gasteiger partial charge in [0.15, 0.2) is 0 Å². The Morgan fingerprint density at radius 3 is 2.88 bits per heavy atom. The van der Waals surface area contributed by atoms with E-state index in [9.17, 15) is 9.59 Å². The van der Waals surface area contributed by atoms with Gasteiger partial charge in [0.25, 0.3) is 5.91 Å². The van der Waals surface area contributed by atoms with Crippen LogP contribution in [0.1, 0.15) is 44.6 Å². The number of carbonyl (C=O) groups is 2. The van der Waals surface area contributed by atoms with Gasteiger partial charge in [-0.05, 0) is 68.1 Å². The van der Waals surface area contributed by atoms with Crippen LogP contribution in [0.2, 0.25) is 0 Å². The van der Waals surface area contributed by atoms with Crippen molar-refractivity contribution in [3.05, 3.63) is 63.5 Å². The van der Waals surface area contributed by atoms with Crippen LogP contribution in [-0.2, 0) is 9.59 Å². The zero-order valence-electron chi connectivity index (χ0n) is 19.6. The Balaban J connectivity index is 1.38. The van der Waals surface area contributed by atoms with Crippen LogP contribution < -0.4 is 10.2 Å². The molecule has 0 spiro atoms. The SMILES string of the molecule is CC[C@H]1CCCCN1CCCNC(=O)CN1C(=O)/C(=C\c2cccc(Br)c2)Sc2ccccc21. The summed E-state index contributed by atoms with van der Waals surface area (Å²) in [6.45, 7) is 5.09. The second kappa shape index (κ2) is 12.0. The standard InChI is InChI=1S/C27H32BrN3O2S/c1-2-22-11-5-6-15-30(22)16-8-14-29-26(32)19-31-23-12-3-4-13-24(23)34-25(27(31)33)18-20-9-7-10-21(28)17-20/h3-4,7,9-10,12-13,17-18,22H,2,5-6,8,11,14-16,19H2,1H3,(H,29,32)/b25-18+/t22-/m0/s1. The second-order valence-electron chi connectivity index (χ2n) is 8.82. The number of amides is 2. The molecule has 7 heteroatoms. The van der Waals surface area contributed by atoms with E-state index >= 15 is 0 Å². The highest BCUT2D eigenvalue weighted by molar-refractivity contribution is 9.10. The molecule has 34 heavy (non-hydrogen) atoms. The van der Waals surface area contributed by atoms with Gasteiger partial charge >= 0.3 is 0 Å². The first kappa shape index (κ1) is 25.0. The number of rotatable bonds is 8. The molecule has 1 atom stereocenters. The summed E-state index contributed by atoms with van der Waals surface area (Å²) in [5, 5.41) is 3.03. The van der Waals surface area contributed by atoms with Crippen molar-refractivity contribution in [2.75, 3.05) is 31.1 Å². The van der Waals surface area contributed by atoms with Crippen molar-refractivity contribution in [3.8, 4) is 0 Å². The van der Waals surface area contributed by atoms with Crippen LogP contribution in [0.3, 0.4) is 0 Å². The lowest BCUT2D eigenvalue weighted by Crippen LogP contribution is -2.44. The van der Waals surface area contributed by atoms with E-state index in [2.05, 4.69) is 33.1 Å². The highest BCUT2D eigenvalue weighted by Gasteiger charge is 2.30. The van der Waals surface area contributed by atoms with Crippen molar-refractivity contribution < 1.29 is 9.59 Å². The van der Waals surface area contributed by atoms with Crippen molar-refractivity contribution >= 4 is 51.3 Å². The minimum Gasteiger partial charge on any atom is -0.355 e. The van der Waals surface area contributed by atoms with Gasteiger partial charge in [0.1, 0.15) is 6.54 Å². The van der Waals surface area contributed by atoms with Crippen LogP contribution >= 0.6 is 27.7 Å². The van der Waals surface area contributed by atoms with Crippen LogP contribution in [0.25, 0.3) is 6.08 Å². The fourth-order valence-corrected chi connectivity index (χ4v) is 6.17. The van der Waals surface area contributed by atoms with E-state index in [4.69, 9.17) is 0 Å². The molecule has 1 N–H and O–H groups in total. The van der Waals surface area contributed by atoms with E-state index in [1.807, 2.05) is 54.6 Å². The maximum absolute atomic E-state index is 13.4. The number of likely N-dealkylation sites (tertiary alicyclic amines) is 1. The summed E-state index contributed by atoms with van der Waals surface area (Å²) in [5.41, 5.74) is 1.73. The molecule has 0 radical (unpaired) electrons. The Morgan fingerprint density at radius 2 is 2.06 bits per heavy atom. The number of benzene rings is 2. The minimum atomic E-state index is -0.141. The van der Waals surface area contributed by atoms with Crippen molar-refractivity contribution in [3.63, 3.8) is 0 Å². The third-order valence-corrected chi connectivity index (χ3v) is 8.02. The number of piperidine rings is 1. The maximum Gasteiger partial charge on any atom is 0.265 e. The molecule has 2 aliphatic rings. The van der Waals surface area contributed by atoms with Crippen molar-refractivity contribution in [2.45, 2.75) is 50.0 Å². The van der Waals surface area contributed by atoms with Crippen LogP contribution in [0, 0.1) is 0 Å². The molecule has 0 aliphatic carbocycles. The third-order valence-electron chi connectivity index (χ3n) is 6.44. The number of fused-ring (bicyclic) bond motifs is 1. The quantitative estimate of drug-likeness (QED) is 0.344. The normalized spacial score (nSPS) is 19.8. The zero-order chi connectivity index (χ0) is 23.9. The molecular formula is C27H32BrN3O2S. The molecule has 5 nitrogen and oxygen atoms in total. The highest BCUT2D eigenvalue weighted by Crippen LogP contribution is 2.42. The van der Waals surface area contributed by atoms with Gasteiger partial charge in [0.05, 0.1) is 10.6 Å². The lowest BCUT2D eigenvalue weighted by Gasteiger charge is -2.35. The van der Waals surface area contributed by atoms with Gasteiger partial charge in [-0.25, -0.2) is 0 Å². The van der Waals surface area contributed by atoms with Gasteiger partial charge in [-0.3, -0.25) is 14.5 Å². The van der Waals surface area contributed by atoms with Gasteiger partial charge in [0.2, 0.25) is 5.91 Å². The first-order chi connectivity index (χ1) is 16.5. The molecule has 2 aromatic carbocycles. The Hall–Kier alpha value is -2.09. The van der Waals surface area contributed by atoms with Crippen LogP contribution in [0.15, 0.2) is 62.8 Å². The number of nitrogens with zero attached hydrogens (tertiary/aromatic N) is 2. The summed E-state index contributed by atoms with van der Waals surface area (Å²) in [6.07, 6.45) is 7.89. The predicted octanol–water partition coefficient (Wildman–Crippen LogP) is 5.70. The van der Waals surface area contributed by atoms with Gasteiger partial charge in [-0.1, -0.05) is 65.3 Å². The van der Waals surface area contributed by atoms with Gasteiger partial charge in [-0.15, -0.1) is 0 Å². The molecule has 2 heterocycles. The summed E-state index contributed by atoms with van der Waals surface area (Å²) in [6, 6.07) is 16.3. The van der Waals surface area contributed by atoms with E-state index in [-0.39, 0.29) is 18.4 Å². The number of hydrogen-bond donors (Lipinski definition) is 1. The molecule has 0 unspecified atom stereocenters. The van der Waals surface area contributed by atoms with Crippen molar-refractivity contribution in [1.29, 1.82) is 0 Å². The van der Waals surface area contributed by atoms with Crippen molar-refractivity contribution in [2.24, 2.45) is 0 Å². The van der Waals surface area contributed by atoms with Crippen LogP contribution in [0.4, 0.5) is 5.69 Å². The van der Waals surface area contributed by atoms with E-state index < -0.39 is 0 Å². The van der Waals surface area contributed by atoms with Gasteiger partial charge in [0, 0.05) is 28.5 Å². The number of anilines is 1. The minimum absolute atomic E-state index is 0.0214. The van der Waals surface area contributed by atoms with E-state index in [0.29, 0.717) is 17.5 Å². The molecule has 2 aliphatic heterocycles. The fourth-order valence-electron chi connectivity index (χ4n) is 4.69. The largest absolute Gasteiger partial charge is 0.355 e. The van der Waals surface area contributed by atoms with E-state index in [0.717, 1.165) is 40.1 Å². The van der Waals surface area contributed by atoms with Gasteiger partial charge in [-0.2, -0.15) is 0 Å². The summed E-state index contributed by atoms with van der Waals surface area (Å²) < 4.78 is 0.960. The Kier molecular flexibility index (Phi) is 8.86. The molecule has 0 saturated carbocycles. The smallest absolute Gasteiger partial charge is 0.265 e. The molecular weight excluding hydrogens is 510 g/mol. The summed E-state index contributed by atoms with van der Waals surface area (Å²) in [5.74, 6) is -0.263. The Labute approximate surface area is 215 Å². The molecule has 2 aromatic rings. The highest BCUT2D eigenvalue weighted by atomic mass is 79.9. The Bertz CT molecular complexity index is 1060. The lowest BCUT2D eigenvalue weighted by atomic mass is 10.00. The number of halogens is 1. The topological polar surface area (TPSA) is 52.7 Å². The van der Waals surface area contributed by atoms with Crippen LogP contribution in [-0.4, -0.2) is 48.9 Å². The fraction of sp³-hybridized carbons (Fsp3) is 0.407. The number of para-hydroxylation sites is 1. The zero-order valence-corrected chi connectivity index (χ0v) is 22.0. The number of nitrogens with one attached hydrogen (secondary N) is 1. The lowest BCUT2D eigenvalue weighted by molar-refractivity contribution is -0.122. The average molecular weight is 543 g/mol. The monoisotopic (exact) mass is 541 g/mol. The Morgan fingerprint density at radius 1 is 1.21 bits per heavy atom. The molecule has 0 bridgehead atoms. The molecule has 2 amide bonds. The predicted molar refractivity (Wildman–Crippen MR) is 144 cm³/mol. The van der Waals surface area contributed by atoms with Crippen LogP contribution in [0.5, 0.6) is 0 Å². The molecule has 180 valence electrons. The molecule has 0 aromatic heterocycles. The summed E-state index contributed by atoms with van der Waals surface area (Å²) in [4.78, 5) is 31.9. The number of hydrogen-bond acceptors (Lipinski definition) is 4.